The van der Waals surface area contributed by atoms with Gasteiger partial charge in [0.05, 0.1) is 36.6 Å². The molecule has 7 rings (SSSR count). The lowest BCUT2D eigenvalue weighted by atomic mass is 9.48. The number of carbonyl (C=O) groups excluding carboxylic acids is 4. The van der Waals surface area contributed by atoms with Crippen molar-refractivity contribution in [3.05, 3.63) is 70.0 Å². The van der Waals surface area contributed by atoms with E-state index in [1.165, 1.54) is 19.2 Å². The van der Waals surface area contributed by atoms with Crippen molar-refractivity contribution in [1.29, 1.82) is 0 Å². The zero-order valence-electron chi connectivity index (χ0n) is 18.5. The van der Waals surface area contributed by atoms with Gasteiger partial charge in [-0.15, -0.1) is 0 Å². The number of ether oxygens (including phenoxy) is 2. The summed E-state index contributed by atoms with van der Waals surface area (Å²) in [6, 6.07) is 10.4. The van der Waals surface area contributed by atoms with E-state index in [2.05, 4.69) is 15.9 Å². The van der Waals surface area contributed by atoms with E-state index in [9.17, 15) is 23.6 Å². The average Bonchev–Trinajstić information content (AvgIpc) is 3.13. The lowest BCUT2D eigenvalue weighted by molar-refractivity contribution is -0.154. The lowest BCUT2D eigenvalue weighted by Crippen LogP contribution is -2.64. The van der Waals surface area contributed by atoms with Crippen molar-refractivity contribution in [2.24, 2.45) is 17.3 Å². The summed E-state index contributed by atoms with van der Waals surface area (Å²) >= 11 is 3.36. The van der Waals surface area contributed by atoms with Gasteiger partial charge in [-0.3, -0.25) is 19.2 Å². The van der Waals surface area contributed by atoms with Crippen LogP contribution < -0.4 is 9.64 Å². The number of hydrogen-bond acceptors (Lipinski definition) is 6. The molecule has 3 aliphatic carbocycles. The molecule has 2 amide bonds. The number of fused-ring (bicyclic) bond motifs is 2. The number of carbonyl (C=O) groups is 4. The van der Waals surface area contributed by atoms with Crippen LogP contribution in [0.3, 0.4) is 0 Å². The van der Waals surface area contributed by atoms with Crippen LogP contribution in [0.5, 0.6) is 5.75 Å². The molecule has 2 aromatic carbocycles. The van der Waals surface area contributed by atoms with E-state index in [4.69, 9.17) is 9.47 Å². The van der Waals surface area contributed by atoms with E-state index in [1.54, 1.807) is 30.3 Å². The number of halogens is 2. The quantitative estimate of drug-likeness (QED) is 0.432. The predicted octanol–water partition coefficient (Wildman–Crippen LogP) is 3.99. The van der Waals surface area contributed by atoms with Crippen molar-refractivity contribution in [1.82, 2.24) is 0 Å². The second-order valence-corrected chi connectivity index (χ2v) is 10.4. The van der Waals surface area contributed by atoms with Crippen molar-refractivity contribution >= 4 is 45.2 Å². The van der Waals surface area contributed by atoms with Crippen molar-refractivity contribution in [3.63, 3.8) is 0 Å². The molecule has 5 aliphatic rings. The average molecular weight is 540 g/mol. The lowest BCUT2D eigenvalue weighted by Gasteiger charge is -2.57. The number of imide groups is 1. The highest BCUT2D eigenvalue weighted by molar-refractivity contribution is 9.10. The summed E-state index contributed by atoms with van der Waals surface area (Å²) in [6.45, 7) is 0. The van der Waals surface area contributed by atoms with Crippen LogP contribution in [0.15, 0.2) is 58.6 Å². The Labute approximate surface area is 208 Å². The fourth-order valence-electron chi connectivity index (χ4n) is 6.29. The van der Waals surface area contributed by atoms with Crippen LogP contribution in [-0.4, -0.2) is 36.3 Å². The Hall–Kier alpha value is -3.33. The molecule has 2 aromatic rings. The van der Waals surface area contributed by atoms with Crippen molar-refractivity contribution in [3.8, 4) is 5.75 Å². The Kier molecular flexibility index (Phi) is 4.64. The van der Waals surface area contributed by atoms with E-state index in [0.29, 0.717) is 12.1 Å². The molecule has 2 heterocycles. The maximum atomic E-state index is 14.0. The number of amides is 2. The normalized spacial score (nSPS) is 30.3. The molecule has 0 N–H and O–H groups in total. The standard InChI is InChI=1S/C26H19BrFNO6/c1-34-19(30)12-25-8-9-26(17(11-25)22(31)16-10-14(28)4-7-18(16)35-26)21-20(25)23(32)29(24(21)33)15-5-2-13(27)3-6-15/h2-7,10-11,20-21H,8-9,12H2,1H3/t20-,21+,25+,26+/m0/s1. The molecule has 2 bridgehead atoms. The molecule has 0 unspecified atom stereocenters. The molecular formula is C26H19BrFNO6. The van der Waals surface area contributed by atoms with Crippen LogP contribution in [-0.2, 0) is 19.1 Å². The van der Waals surface area contributed by atoms with Crippen molar-refractivity contribution in [2.75, 3.05) is 12.0 Å². The first-order valence-corrected chi connectivity index (χ1v) is 12.0. The summed E-state index contributed by atoms with van der Waals surface area (Å²) in [5.74, 6) is -4.27. The molecule has 4 atom stereocenters. The van der Waals surface area contributed by atoms with Gasteiger partial charge < -0.3 is 9.47 Å². The third-order valence-electron chi connectivity index (χ3n) is 7.79. The number of methoxy groups -OCH3 is 1. The first-order valence-electron chi connectivity index (χ1n) is 11.2. The van der Waals surface area contributed by atoms with Gasteiger partial charge in [-0.05, 0) is 55.3 Å². The van der Waals surface area contributed by atoms with Gasteiger partial charge in [-0.1, -0.05) is 22.0 Å². The molecule has 7 nitrogen and oxygen atoms in total. The second-order valence-electron chi connectivity index (χ2n) is 9.45. The topological polar surface area (TPSA) is 90.0 Å². The molecule has 1 saturated carbocycles. The zero-order chi connectivity index (χ0) is 24.7. The fraction of sp³-hybridized carbons (Fsp3) is 0.308. The summed E-state index contributed by atoms with van der Waals surface area (Å²) in [5, 5.41) is 0. The third-order valence-corrected chi connectivity index (χ3v) is 8.32. The van der Waals surface area contributed by atoms with Crippen molar-refractivity contribution < 1.29 is 33.0 Å². The minimum Gasteiger partial charge on any atom is -0.481 e. The Morgan fingerprint density at radius 2 is 1.83 bits per heavy atom. The summed E-state index contributed by atoms with van der Waals surface area (Å²) < 4.78 is 26.0. The number of rotatable bonds is 3. The van der Waals surface area contributed by atoms with Crippen LogP contribution >= 0.6 is 15.9 Å². The highest BCUT2D eigenvalue weighted by atomic mass is 79.9. The van der Waals surface area contributed by atoms with Gasteiger partial charge in [-0.2, -0.15) is 0 Å². The van der Waals surface area contributed by atoms with E-state index < -0.39 is 52.2 Å². The van der Waals surface area contributed by atoms with Gasteiger partial charge in [-0.25, -0.2) is 9.29 Å². The minimum atomic E-state index is -1.37. The van der Waals surface area contributed by atoms with E-state index in [0.717, 1.165) is 15.4 Å². The van der Waals surface area contributed by atoms with Crippen LogP contribution in [0.2, 0.25) is 0 Å². The molecule has 0 radical (unpaired) electrons. The summed E-state index contributed by atoms with van der Waals surface area (Å²) in [4.78, 5) is 55.0. The number of anilines is 1. The monoisotopic (exact) mass is 539 g/mol. The Morgan fingerprint density at radius 3 is 2.54 bits per heavy atom. The smallest absolute Gasteiger partial charge is 0.306 e. The second kappa shape index (κ2) is 7.34. The summed E-state index contributed by atoms with van der Waals surface area (Å²) in [7, 11) is 1.25. The maximum Gasteiger partial charge on any atom is 0.306 e. The Balaban J connectivity index is 1.56. The van der Waals surface area contributed by atoms with Gasteiger partial charge in [0.1, 0.15) is 17.2 Å². The molecule has 9 heteroatoms. The number of hydrogen-bond donors (Lipinski definition) is 0. The SMILES string of the molecule is COC(=O)C[C@]12C=C3C(=O)c4cc(F)ccc4O[C@@]3(CC1)[C@H]1C(=O)N(c3ccc(Br)cc3)C(=O)[C@H]12. The number of Topliss-reactive ketones (excluding diaryl/α,β-unsaturated/α-hetero) is 1. The Bertz CT molecular complexity index is 1370. The van der Waals surface area contributed by atoms with E-state index in [-0.39, 0.29) is 29.7 Å². The summed E-state index contributed by atoms with van der Waals surface area (Å²) in [5.41, 5.74) is -1.82. The van der Waals surface area contributed by atoms with Crippen LogP contribution in [0, 0.1) is 23.1 Å². The van der Waals surface area contributed by atoms with Gasteiger partial charge >= 0.3 is 5.97 Å². The van der Waals surface area contributed by atoms with Gasteiger partial charge in [0.25, 0.3) is 0 Å². The molecule has 35 heavy (non-hydrogen) atoms. The fourth-order valence-corrected chi connectivity index (χ4v) is 6.56. The molecule has 2 fully saturated rings. The Morgan fingerprint density at radius 1 is 1.11 bits per heavy atom. The third kappa shape index (κ3) is 2.87. The van der Waals surface area contributed by atoms with E-state index >= 15 is 0 Å². The first kappa shape index (κ1) is 22.2. The van der Waals surface area contributed by atoms with Crippen molar-refractivity contribution in [2.45, 2.75) is 24.9 Å². The highest BCUT2D eigenvalue weighted by Crippen LogP contribution is 2.65. The zero-order valence-corrected chi connectivity index (χ0v) is 20.1. The predicted molar refractivity (Wildman–Crippen MR) is 124 cm³/mol. The largest absolute Gasteiger partial charge is 0.481 e. The highest BCUT2D eigenvalue weighted by Gasteiger charge is 2.73. The number of ketones is 1. The molecule has 2 aliphatic heterocycles. The van der Waals surface area contributed by atoms with Crippen LogP contribution in [0.1, 0.15) is 29.6 Å². The number of nitrogens with zero attached hydrogens (tertiary/aromatic N) is 1. The molecule has 0 aromatic heterocycles. The van der Waals surface area contributed by atoms with Crippen LogP contribution in [0.25, 0.3) is 0 Å². The molecular weight excluding hydrogens is 521 g/mol. The molecule has 178 valence electrons. The van der Waals surface area contributed by atoms with Gasteiger partial charge in [0.15, 0.2) is 5.78 Å². The summed E-state index contributed by atoms with van der Waals surface area (Å²) in [6.07, 6.45) is 2.07. The van der Waals surface area contributed by atoms with Gasteiger partial charge in [0, 0.05) is 15.5 Å². The number of allylic oxidation sites excluding steroid dienone is 1. The van der Waals surface area contributed by atoms with Gasteiger partial charge in [0.2, 0.25) is 11.8 Å². The first-order chi connectivity index (χ1) is 16.7. The van der Waals surface area contributed by atoms with Crippen LogP contribution in [0.4, 0.5) is 10.1 Å². The molecule has 1 spiro atoms. The number of benzene rings is 2. The minimum absolute atomic E-state index is 0.0562. The maximum absolute atomic E-state index is 14.0. The number of esters is 1. The van der Waals surface area contributed by atoms with E-state index in [1.807, 2.05) is 0 Å². The molecule has 1 saturated heterocycles.